The molecular weight excluding hydrogens is 250 g/mol. The number of nitrogens with zero attached hydrogens (tertiary/aromatic N) is 2. The van der Waals surface area contributed by atoms with Crippen LogP contribution >= 0.6 is 11.3 Å². The van der Waals surface area contributed by atoms with Crippen molar-refractivity contribution in [2.75, 3.05) is 11.1 Å². The maximum atomic E-state index is 11.8. The zero-order valence-electron chi connectivity index (χ0n) is 9.18. The highest BCUT2D eigenvalue weighted by molar-refractivity contribution is 7.13. The van der Waals surface area contributed by atoms with Crippen LogP contribution in [0.5, 0.6) is 0 Å². The number of hydrogen-bond donors (Lipinski definition) is 3. The number of aromatic nitrogens is 3. The SMILES string of the molecule is Nc1nc(C(=O)Nc2nc3ccccc3[nH]2)cs1. The first kappa shape index (κ1) is 10.7. The van der Waals surface area contributed by atoms with Gasteiger partial charge in [-0.1, -0.05) is 12.1 Å². The van der Waals surface area contributed by atoms with Crippen molar-refractivity contribution in [1.29, 1.82) is 0 Å². The largest absolute Gasteiger partial charge is 0.375 e. The Morgan fingerprint density at radius 3 is 2.89 bits per heavy atom. The van der Waals surface area contributed by atoms with Gasteiger partial charge in [-0.15, -0.1) is 11.3 Å². The van der Waals surface area contributed by atoms with Gasteiger partial charge in [0.15, 0.2) is 5.13 Å². The lowest BCUT2D eigenvalue weighted by atomic mass is 10.3. The molecule has 4 N–H and O–H groups in total. The monoisotopic (exact) mass is 259 g/mol. The number of nitrogens with two attached hydrogens (primary N) is 1. The number of rotatable bonds is 2. The van der Waals surface area contributed by atoms with E-state index in [0.717, 1.165) is 11.0 Å². The lowest BCUT2D eigenvalue weighted by molar-refractivity contribution is 0.102. The van der Waals surface area contributed by atoms with Crippen molar-refractivity contribution in [3.05, 3.63) is 35.3 Å². The molecule has 1 amide bonds. The molecule has 0 atom stereocenters. The summed E-state index contributed by atoms with van der Waals surface area (Å²) in [5.41, 5.74) is 7.43. The number of anilines is 2. The Morgan fingerprint density at radius 1 is 1.33 bits per heavy atom. The van der Waals surface area contributed by atoms with E-state index in [2.05, 4.69) is 20.3 Å². The number of aromatic amines is 1. The van der Waals surface area contributed by atoms with Gasteiger partial charge in [0.05, 0.1) is 11.0 Å². The molecule has 0 aliphatic heterocycles. The zero-order valence-corrected chi connectivity index (χ0v) is 9.99. The molecule has 7 heteroatoms. The Bertz CT molecular complexity index is 684. The molecule has 0 saturated carbocycles. The van der Waals surface area contributed by atoms with Gasteiger partial charge < -0.3 is 10.7 Å². The van der Waals surface area contributed by atoms with Crippen molar-refractivity contribution in [1.82, 2.24) is 15.0 Å². The highest BCUT2D eigenvalue weighted by Gasteiger charge is 2.11. The van der Waals surface area contributed by atoms with E-state index in [0.29, 0.717) is 11.1 Å². The number of H-pyrrole nitrogens is 1. The topological polar surface area (TPSA) is 96.7 Å². The minimum Gasteiger partial charge on any atom is -0.375 e. The molecule has 2 aromatic heterocycles. The van der Waals surface area contributed by atoms with Crippen LogP contribution in [0.3, 0.4) is 0 Å². The molecule has 0 radical (unpaired) electrons. The van der Waals surface area contributed by atoms with Crippen LogP contribution in [-0.4, -0.2) is 20.9 Å². The summed E-state index contributed by atoms with van der Waals surface area (Å²) in [6.07, 6.45) is 0. The molecule has 2 heterocycles. The van der Waals surface area contributed by atoms with E-state index in [1.807, 2.05) is 24.3 Å². The molecule has 90 valence electrons. The summed E-state index contributed by atoms with van der Waals surface area (Å²) < 4.78 is 0. The van der Waals surface area contributed by atoms with Crippen LogP contribution in [-0.2, 0) is 0 Å². The molecule has 6 nitrogen and oxygen atoms in total. The van der Waals surface area contributed by atoms with E-state index in [1.165, 1.54) is 11.3 Å². The second kappa shape index (κ2) is 4.11. The fraction of sp³-hybridized carbons (Fsp3) is 0. The minimum absolute atomic E-state index is 0.290. The fourth-order valence-corrected chi connectivity index (χ4v) is 2.12. The quantitative estimate of drug-likeness (QED) is 0.654. The second-order valence-corrected chi connectivity index (χ2v) is 4.52. The standard InChI is InChI=1S/C11H9N5OS/c12-10-13-8(5-18-10)9(17)16-11-14-6-3-1-2-4-7(6)15-11/h1-5H,(H2,12,13)(H2,14,15,16,17). The van der Waals surface area contributed by atoms with E-state index in [4.69, 9.17) is 5.73 Å². The third-order valence-corrected chi connectivity index (χ3v) is 3.05. The number of para-hydroxylation sites is 2. The number of imidazole rings is 1. The second-order valence-electron chi connectivity index (χ2n) is 3.63. The molecule has 0 saturated heterocycles. The maximum absolute atomic E-state index is 11.8. The number of nitrogens with one attached hydrogen (secondary N) is 2. The van der Waals surface area contributed by atoms with Crippen molar-refractivity contribution in [3.8, 4) is 0 Å². The van der Waals surface area contributed by atoms with Crippen LogP contribution in [0, 0.1) is 0 Å². The molecule has 0 aliphatic carbocycles. The number of nitrogen functional groups attached to an aromatic ring is 1. The van der Waals surface area contributed by atoms with Gasteiger partial charge in [0.1, 0.15) is 5.69 Å². The van der Waals surface area contributed by atoms with Crippen molar-refractivity contribution in [2.24, 2.45) is 0 Å². The third-order valence-electron chi connectivity index (χ3n) is 2.38. The number of carbonyl (C=O) groups is 1. The van der Waals surface area contributed by atoms with Gasteiger partial charge in [0.25, 0.3) is 5.91 Å². The van der Waals surface area contributed by atoms with Gasteiger partial charge in [0, 0.05) is 5.38 Å². The Labute approximate surface area is 106 Å². The summed E-state index contributed by atoms with van der Waals surface area (Å²) in [6.45, 7) is 0. The summed E-state index contributed by atoms with van der Waals surface area (Å²) in [4.78, 5) is 23.0. The minimum atomic E-state index is -0.331. The Kier molecular flexibility index (Phi) is 2.45. The number of thiazole rings is 1. The first-order chi connectivity index (χ1) is 8.72. The summed E-state index contributed by atoms with van der Waals surface area (Å²) in [5, 5.41) is 4.61. The molecular formula is C11H9N5OS. The molecule has 0 aliphatic rings. The van der Waals surface area contributed by atoms with Crippen LogP contribution in [0.1, 0.15) is 10.5 Å². The van der Waals surface area contributed by atoms with E-state index in [9.17, 15) is 4.79 Å². The van der Waals surface area contributed by atoms with Gasteiger partial charge in [-0.05, 0) is 12.1 Å². The van der Waals surface area contributed by atoms with E-state index in [1.54, 1.807) is 5.38 Å². The van der Waals surface area contributed by atoms with Crippen LogP contribution in [0.25, 0.3) is 11.0 Å². The van der Waals surface area contributed by atoms with Crippen LogP contribution in [0.2, 0.25) is 0 Å². The van der Waals surface area contributed by atoms with Crippen LogP contribution in [0.15, 0.2) is 29.6 Å². The van der Waals surface area contributed by atoms with Gasteiger partial charge >= 0.3 is 0 Å². The van der Waals surface area contributed by atoms with Crippen molar-refractivity contribution < 1.29 is 4.79 Å². The van der Waals surface area contributed by atoms with Crippen molar-refractivity contribution in [3.63, 3.8) is 0 Å². The smallest absolute Gasteiger partial charge is 0.277 e. The highest BCUT2D eigenvalue weighted by Crippen LogP contribution is 2.15. The lowest BCUT2D eigenvalue weighted by Crippen LogP contribution is -2.13. The first-order valence-electron chi connectivity index (χ1n) is 5.19. The average molecular weight is 259 g/mol. The van der Waals surface area contributed by atoms with Gasteiger partial charge in [-0.3, -0.25) is 10.1 Å². The molecule has 0 bridgehead atoms. The number of fused-ring (bicyclic) bond motifs is 1. The first-order valence-corrected chi connectivity index (χ1v) is 6.07. The lowest BCUT2D eigenvalue weighted by Gasteiger charge is -1.96. The Balaban J connectivity index is 1.86. The predicted molar refractivity (Wildman–Crippen MR) is 70.6 cm³/mol. The number of hydrogen-bond acceptors (Lipinski definition) is 5. The van der Waals surface area contributed by atoms with Crippen molar-refractivity contribution in [2.45, 2.75) is 0 Å². The summed E-state index contributed by atoms with van der Waals surface area (Å²) in [5.74, 6) is 0.0646. The zero-order chi connectivity index (χ0) is 12.5. The molecule has 0 spiro atoms. The van der Waals surface area contributed by atoms with Crippen LogP contribution < -0.4 is 11.1 Å². The summed E-state index contributed by atoms with van der Waals surface area (Å²) >= 11 is 1.22. The fourth-order valence-electron chi connectivity index (χ4n) is 1.58. The number of carbonyl (C=O) groups excluding carboxylic acids is 1. The normalized spacial score (nSPS) is 10.7. The number of amides is 1. The van der Waals surface area contributed by atoms with E-state index in [-0.39, 0.29) is 11.6 Å². The summed E-state index contributed by atoms with van der Waals surface area (Å²) in [7, 11) is 0. The Morgan fingerprint density at radius 2 is 2.17 bits per heavy atom. The molecule has 18 heavy (non-hydrogen) atoms. The molecule has 3 aromatic rings. The number of benzene rings is 1. The van der Waals surface area contributed by atoms with E-state index < -0.39 is 0 Å². The maximum Gasteiger partial charge on any atom is 0.277 e. The molecule has 0 fully saturated rings. The van der Waals surface area contributed by atoms with Gasteiger partial charge in [-0.25, -0.2) is 9.97 Å². The molecule has 0 unspecified atom stereocenters. The predicted octanol–water partition coefficient (Wildman–Crippen LogP) is 1.85. The third kappa shape index (κ3) is 1.91. The van der Waals surface area contributed by atoms with Crippen molar-refractivity contribution >= 4 is 39.4 Å². The summed E-state index contributed by atoms with van der Waals surface area (Å²) in [6, 6.07) is 7.53. The van der Waals surface area contributed by atoms with E-state index >= 15 is 0 Å². The van der Waals surface area contributed by atoms with Gasteiger partial charge in [0.2, 0.25) is 5.95 Å². The van der Waals surface area contributed by atoms with Gasteiger partial charge in [-0.2, -0.15) is 0 Å². The average Bonchev–Trinajstić information content (AvgIpc) is 2.94. The highest BCUT2D eigenvalue weighted by atomic mass is 32.1. The molecule has 1 aromatic carbocycles. The van der Waals surface area contributed by atoms with Crippen LogP contribution in [0.4, 0.5) is 11.1 Å². The molecule has 3 rings (SSSR count). The Hall–Kier alpha value is -2.41.